The molecule has 0 saturated carbocycles. The topological polar surface area (TPSA) is 49.6 Å². The number of hydrogen-bond donors (Lipinski definition) is 1. The summed E-state index contributed by atoms with van der Waals surface area (Å²) in [6, 6.07) is 4.09. The first-order valence-electron chi connectivity index (χ1n) is 7.35. The minimum atomic E-state index is -0.0615. The number of rotatable bonds is 2. The van der Waals surface area contributed by atoms with Crippen LogP contribution >= 0.6 is 40.7 Å². The Bertz CT molecular complexity index is 700. The first kappa shape index (κ1) is 18.5. The van der Waals surface area contributed by atoms with Gasteiger partial charge in [-0.3, -0.25) is 4.79 Å². The van der Waals surface area contributed by atoms with Gasteiger partial charge in [-0.1, -0.05) is 0 Å². The number of hydrogen-bond acceptors (Lipinski definition) is 3. The first-order valence-corrected chi connectivity index (χ1v) is 8.15. The van der Waals surface area contributed by atoms with E-state index in [1.54, 1.807) is 6.33 Å². The van der Waals surface area contributed by atoms with E-state index in [-0.39, 0.29) is 36.8 Å². The number of carbonyl (C=O) groups is 1. The van der Waals surface area contributed by atoms with Crippen LogP contribution in [-0.4, -0.2) is 45.9 Å². The molecule has 1 N–H and O–H groups in total. The SMILES string of the molecule is Cl.Cl.O=C(N[C@H]1CN2CCC1CC2)c1cc2cc(Br)cn2cn1. The third-order valence-corrected chi connectivity index (χ3v) is 5.09. The van der Waals surface area contributed by atoms with Gasteiger partial charge < -0.3 is 14.6 Å². The highest BCUT2D eigenvalue weighted by molar-refractivity contribution is 9.10. The third-order valence-electron chi connectivity index (χ3n) is 4.66. The van der Waals surface area contributed by atoms with Gasteiger partial charge in [0.15, 0.2) is 0 Å². The minimum absolute atomic E-state index is 0. The normalized spacial score (nSPS) is 25.5. The molecule has 3 aliphatic heterocycles. The summed E-state index contributed by atoms with van der Waals surface area (Å²) in [5.41, 5.74) is 1.46. The molecule has 23 heavy (non-hydrogen) atoms. The van der Waals surface area contributed by atoms with Crippen molar-refractivity contribution >= 4 is 52.2 Å². The van der Waals surface area contributed by atoms with Gasteiger partial charge >= 0.3 is 0 Å². The minimum Gasteiger partial charge on any atom is -0.346 e. The van der Waals surface area contributed by atoms with Crippen LogP contribution < -0.4 is 5.32 Å². The maximum atomic E-state index is 12.4. The highest BCUT2D eigenvalue weighted by atomic mass is 79.9. The zero-order valence-corrected chi connectivity index (χ0v) is 15.7. The van der Waals surface area contributed by atoms with Crippen LogP contribution in [0.5, 0.6) is 0 Å². The maximum absolute atomic E-state index is 12.4. The number of amides is 1. The van der Waals surface area contributed by atoms with Gasteiger partial charge in [0.25, 0.3) is 5.91 Å². The Morgan fingerprint density at radius 2 is 2.00 bits per heavy atom. The van der Waals surface area contributed by atoms with Crippen molar-refractivity contribution in [3.8, 4) is 0 Å². The Morgan fingerprint density at radius 1 is 1.26 bits per heavy atom. The van der Waals surface area contributed by atoms with Gasteiger partial charge in [0.1, 0.15) is 12.0 Å². The predicted octanol–water partition coefficient (Wildman–Crippen LogP) is 2.76. The summed E-state index contributed by atoms with van der Waals surface area (Å²) < 4.78 is 2.88. The van der Waals surface area contributed by atoms with Crippen molar-refractivity contribution in [1.82, 2.24) is 19.6 Å². The standard InChI is InChI=1S/C15H17BrN4O.2ClH/c16-11-5-12-6-13(17-9-20(12)7-11)15(21)18-14-8-19-3-1-10(14)2-4-19;;/h5-7,9-10,14H,1-4,8H2,(H,18,21);2*1H/t14-;;/m0../s1. The molecular formula is C15H19BrCl2N4O. The number of carbonyl (C=O) groups excluding carboxylic acids is 1. The Morgan fingerprint density at radius 3 is 2.65 bits per heavy atom. The Hall–Kier alpha value is -0.820. The molecule has 2 aromatic rings. The maximum Gasteiger partial charge on any atom is 0.270 e. The highest BCUT2D eigenvalue weighted by Gasteiger charge is 2.35. The second kappa shape index (κ2) is 7.38. The van der Waals surface area contributed by atoms with Gasteiger partial charge in [-0.25, -0.2) is 4.98 Å². The number of piperidine rings is 3. The van der Waals surface area contributed by atoms with Crippen LogP contribution in [0, 0.1) is 5.92 Å². The van der Waals surface area contributed by atoms with Gasteiger partial charge in [0.2, 0.25) is 0 Å². The van der Waals surface area contributed by atoms with Crippen molar-refractivity contribution in [2.24, 2.45) is 5.92 Å². The van der Waals surface area contributed by atoms with E-state index >= 15 is 0 Å². The van der Waals surface area contributed by atoms with Gasteiger partial charge in [0, 0.05) is 28.8 Å². The van der Waals surface area contributed by atoms with Crippen molar-refractivity contribution in [3.05, 3.63) is 34.8 Å². The van der Waals surface area contributed by atoms with Crippen molar-refractivity contribution in [3.63, 3.8) is 0 Å². The summed E-state index contributed by atoms with van der Waals surface area (Å²) >= 11 is 3.43. The van der Waals surface area contributed by atoms with E-state index in [9.17, 15) is 4.79 Å². The molecule has 3 saturated heterocycles. The summed E-state index contributed by atoms with van der Waals surface area (Å²) in [6.07, 6.45) is 6.01. The molecule has 126 valence electrons. The molecule has 5 rings (SSSR count). The van der Waals surface area contributed by atoms with Gasteiger partial charge in [-0.15, -0.1) is 24.8 Å². The molecule has 1 atom stereocenters. The van der Waals surface area contributed by atoms with Crippen LogP contribution in [0.1, 0.15) is 23.3 Å². The summed E-state index contributed by atoms with van der Waals surface area (Å²) in [6.45, 7) is 3.34. The van der Waals surface area contributed by atoms with E-state index in [2.05, 4.69) is 31.1 Å². The van der Waals surface area contributed by atoms with Gasteiger partial charge in [-0.05, 0) is 59.9 Å². The van der Waals surface area contributed by atoms with Crippen LogP contribution in [0.3, 0.4) is 0 Å². The molecule has 0 radical (unpaired) electrons. The average molecular weight is 422 g/mol. The molecule has 0 aromatic carbocycles. The highest BCUT2D eigenvalue weighted by Crippen LogP contribution is 2.27. The summed E-state index contributed by atoms with van der Waals surface area (Å²) in [5, 5.41) is 3.17. The van der Waals surface area contributed by atoms with Gasteiger partial charge in [0.05, 0.1) is 0 Å². The molecule has 5 heterocycles. The summed E-state index contributed by atoms with van der Waals surface area (Å²) in [5.74, 6) is 0.568. The predicted molar refractivity (Wildman–Crippen MR) is 97.8 cm³/mol. The largest absolute Gasteiger partial charge is 0.346 e. The van der Waals surface area contributed by atoms with Crippen molar-refractivity contribution < 1.29 is 4.79 Å². The molecule has 3 aliphatic rings. The number of halogens is 3. The number of nitrogens with one attached hydrogen (secondary N) is 1. The lowest BCUT2D eigenvalue weighted by molar-refractivity contribution is 0.0617. The van der Waals surface area contributed by atoms with E-state index < -0.39 is 0 Å². The van der Waals surface area contributed by atoms with Crippen molar-refractivity contribution in [2.75, 3.05) is 19.6 Å². The van der Waals surface area contributed by atoms with Crippen molar-refractivity contribution in [1.29, 1.82) is 0 Å². The fraction of sp³-hybridized carbons (Fsp3) is 0.467. The Balaban J connectivity index is 0.000000960. The van der Waals surface area contributed by atoms with Crippen LogP contribution in [0.2, 0.25) is 0 Å². The lowest BCUT2D eigenvalue weighted by Gasteiger charge is -2.44. The second-order valence-electron chi connectivity index (χ2n) is 5.98. The zero-order valence-electron chi connectivity index (χ0n) is 12.4. The fourth-order valence-corrected chi connectivity index (χ4v) is 3.93. The lowest BCUT2D eigenvalue weighted by atomic mass is 9.84. The number of fused-ring (bicyclic) bond motifs is 4. The molecule has 5 nitrogen and oxygen atoms in total. The number of nitrogens with zero attached hydrogens (tertiary/aromatic N) is 3. The molecule has 2 bridgehead atoms. The van der Waals surface area contributed by atoms with E-state index in [4.69, 9.17) is 0 Å². The molecule has 2 aromatic heterocycles. The van der Waals surface area contributed by atoms with E-state index in [0.717, 1.165) is 16.5 Å². The van der Waals surface area contributed by atoms with E-state index in [1.807, 2.05) is 22.7 Å². The smallest absolute Gasteiger partial charge is 0.270 e. The van der Waals surface area contributed by atoms with Crippen LogP contribution in [0.25, 0.3) is 5.52 Å². The Kier molecular flexibility index (Phi) is 5.94. The van der Waals surface area contributed by atoms with Crippen LogP contribution in [0.4, 0.5) is 0 Å². The summed E-state index contributed by atoms with van der Waals surface area (Å²) in [7, 11) is 0. The molecule has 0 unspecified atom stereocenters. The van der Waals surface area contributed by atoms with E-state index in [1.165, 1.54) is 25.9 Å². The molecular weight excluding hydrogens is 403 g/mol. The van der Waals surface area contributed by atoms with Crippen LogP contribution in [-0.2, 0) is 0 Å². The average Bonchev–Trinajstić information content (AvgIpc) is 2.87. The van der Waals surface area contributed by atoms with Crippen LogP contribution in [0.15, 0.2) is 29.1 Å². The van der Waals surface area contributed by atoms with Crippen molar-refractivity contribution in [2.45, 2.75) is 18.9 Å². The lowest BCUT2D eigenvalue weighted by Crippen LogP contribution is -2.57. The molecule has 1 amide bonds. The fourth-order valence-electron chi connectivity index (χ4n) is 3.47. The first-order chi connectivity index (χ1) is 10.2. The van der Waals surface area contributed by atoms with E-state index in [0.29, 0.717) is 11.6 Å². The molecule has 8 heteroatoms. The molecule has 3 fully saturated rings. The third kappa shape index (κ3) is 3.65. The molecule has 0 aliphatic carbocycles. The van der Waals surface area contributed by atoms with Gasteiger partial charge in [-0.2, -0.15) is 0 Å². The molecule has 0 spiro atoms. The number of aromatic nitrogens is 2. The Labute approximate surface area is 155 Å². The quantitative estimate of drug-likeness (QED) is 0.810. The monoisotopic (exact) mass is 420 g/mol. The second-order valence-corrected chi connectivity index (χ2v) is 6.90. The summed E-state index contributed by atoms with van der Waals surface area (Å²) in [4.78, 5) is 19.1. The zero-order chi connectivity index (χ0) is 14.4.